The maximum atomic E-state index is 11.2. The SMILES string of the molecule is CC(=O)c1cn[nH]c1/N=N/N(CCCl)CCCl. The number of ketones is 1. The minimum Gasteiger partial charge on any atom is -0.294 e. The number of Topliss-reactive ketones (excluding diaryl/α,β-unsaturated/α-hetero) is 1. The highest BCUT2D eigenvalue weighted by molar-refractivity contribution is 6.18. The molecule has 0 spiro atoms. The first-order chi connectivity index (χ1) is 8.19. The number of carbonyl (C=O) groups excluding carboxylic acids is 1. The third-order valence-electron chi connectivity index (χ3n) is 1.95. The van der Waals surface area contributed by atoms with Crippen LogP contribution in [-0.4, -0.2) is 45.8 Å². The lowest BCUT2D eigenvalue weighted by atomic mass is 10.2. The monoisotopic (exact) mass is 277 g/mol. The molecule has 1 heterocycles. The first kappa shape index (κ1) is 13.9. The van der Waals surface area contributed by atoms with Crippen LogP contribution in [0.2, 0.25) is 0 Å². The lowest BCUT2D eigenvalue weighted by Crippen LogP contribution is -2.21. The second-order valence-electron chi connectivity index (χ2n) is 3.21. The summed E-state index contributed by atoms with van der Waals surface area (Å²) in [5.41, 5.74) is 0.408. The summed E-state index contributed by atoms with van der Waals surface area (Å²) in [5, 5.41) is 15.9. The maximum Gasteiger partial charge on any atom is 0.183 e. The molecule has 17 heavy (non-hydrogen) atoms. The van der Waals surface area contributed by atoms with Gasteiger partial charge in [0.15, 0.2) is 11.6 Å². The van der Waals surface area contributed by atoms with Gasteiger partial charge in [-0.05, 0) is 6.92 Å². The van der Waals surface area contributed by atoms with Crippen molar-refractivity contribution >= 4 is 34.8 Å². The molecule has 0 saturated carbocycles. The fraction of sp³-hybridized carbons (Fsp3) is 0.556. The fourth-order valence-electron chi connectivity index (χ4n) is 1.12. The van der Waals surface area contributed by atoms with Crippen molar-refractivity contribution in [1.82, 2.24) is 15.2 Å². The molecule has 0 amide bonds. The van der Waals surface area contributed by atoms with E-state index in [1.807, 2.05) is 0 Å². The third kappa shape index (κ3) is 4.32. The van der Waals surface area contributed by atoms with E-state index in [2.05, 4.69) is 20.5 Å². The lowest BCUT2D eigenvalue weighted by molar-refractivity contribution is 0.101. The molecular weight excluding hydrogens is 265 g/mol. The van der Waals surface area contributed by atoms with E-state index in [0.29, 0.717) is 36.2 Å². The van der Waals surface area contributed by atoms with Crippen LogP contribution in [0.4, 0.5) is 5.82 Å². The molecule has 0 fully saturated rings. The van der Waals surface area contributed by atoms with Crippen LogP contribution in [0.25, 0.3) is 0 Å². The summed E-state index contributed by atoms with van der Waals surface area (Å²) in [6.07, 6.45) is 1.42. The predicted molar refractivity (Wildman–Crippen MR) is 66.1 cm³/mol. The van der Waals surface area contributed by atoms with Gasteiger partial charge >= 0.3 is 0 Å². The molecule has 0 saturated heterocycles. The van der Waals surface area contributed by atoms with Gasteiger partial charge in [0, 0.05) is 11.8 Å². The summed E-state index contributed by atoms with van der Waals surface area (Å²) in [7, 11) is 0. The molecule has 1 aromatic heterocycles. The Kier molecular flexibility index (Phi) is 5.93. The van der Waals surface area contributed by atoms with Gasteiger partial charge < -0.3 is 0 Å². The number of hydrogen-bond donors (Lipinski definition) is 1. The van der Waals surface area contributed by atoms with Gasteiger partial charge in [0.25, 0.3) is 0 Å². The maximum absolute atomic E-state index is 11.2. The molecular formula is C9H13Cl2N5O. The van der Waals surface area contributed by atoms with Crippen LogP contribution in [0.3, 0.4) is 0 Å². The highest BCUT2D eigenvalue weighted by atomic mass is 35.5. The van der Waals surface area contributed by atoms with Crippen LogP contribution < -0.4 is 0 Å². The summed E-state index contributed by atoms with van der Waals surface area (Å²) in [6.45, 7) is 2.53. The van der Waals surface area contributed by atoms with Crippen molar-refractivity contribution in [2.45, 2.75) is 6.92 Å². The van der Waals surface area contributed by atoms with Crippen molar-refractivity contribution in [3.63, 3.8) is 0 Å². The third-order valence-corrected chi connectivity index (χ3v) is 2.29. The normalized spacial score (nSPS) is 11.0. The number of rotatable bonds is 7. The minimum absolute atomic E-state index is 0.117. The Balaban J connectivity index is 2.73. The van der Waals surface area contributed by atoms with E-state index in [4.69, 9.17) is 23.2 Å². The number of aromatic nitrogens is 2. The van der Waals surface area contributed by atoms with Crippen molar-refractivity contribution in [3.8, 4) is 0 Å². The van der Waals surface area contributed by atoms with Gasteiger partial charge in [0.05, 0.1) is 24.8 Å². The number of aromatic amines is 1. The van der Waals surface area contributed by atoms with Gasteiger partial charge in [-0.15, -0.1) is 28.3 Å². The predicted octanol–water partition coefficient (Wildman–Crippen LogP) is 2.39. The zero-order valence-corrected chi connectivity index (χ0v) is 10.9. The summed E-state index contributed by atoms with van der Waals surface area (Å²) in [6, 6.07) is 0. The zero-order chi connectivity index (χ0) is 12.7. The van der Waals surface area contributed by atoms with Crippen molar-refractivity contribution < 1.29 is 4.79 Å². The van der Waals surface area contributed by atoms with E-state index >= 15 is 0 Å². The van der Waals surface area contributed by atoms with Crippen LogP contribution in [0.15, 0.2) is 16.5 Å². The molecule has 0 atom stereocenters. The van der Waals surface area contributed by atoms with Crippen LogP contribution in [-0.2, 0) is 0 Å². The molecule has 0 bridgehead atoms. The molecule has 0 aliphatic heterocycles. The zero-order valence-electron chi connectivity index (χ0n) is 9.36. The largest absolute Gasteiger partial charge is 0.294 e. The van der Waals surface area contributed by atoms with E-state index in [1.165, 1.54) is 13.1 Å². The van der Waals surface area contributed by atoms with Crippen LogP contribution in [0, 0.1) is 0 Å². The summed E-state index contributed by atoms with van der Waals surface area (Å²) >= 11 is 11.2. The topological polar surface area (TPSA) is 73.7 Å². The standard InChI is InChI=1S/C9H13Cl2N5O/c1-7(17)8-6-12-13-9(8)14-15-16(4-2-10)5-3-11/h6H,2-5H2,1H3,(H,12,13)/b15-14+. The first-order valence-electron chi connectivity index (χ1n) is 5.02. The summed E-state index contributed by atoms with van der Waals surface area (Å²) in [5.74, 6) is 1.08. The molecule has 0 aromatic carbocycles. The summed E-state index contributed by atoms with van der Waals surface area (Å²) < 4.78 is 0. The second kappa shape index (κ2) is 7.24. The Labute approximate surface area is 109 Å². The van der Waals surface area contributed by atoms with Crippen molar-refractivity contribution in [2.75, 3.05) is 24.8 Å². The number of nitrogens with one attached hydrogen (secondary N) is 1. The molecule has 1 aromatic rings. The van der Waals surface area contributed by atoms with Gasteiger partial charge in [-0.3, -0.25) is 14.9 Å². The Bertz CT molecular complexity index is 386. The van der Waals surface area contributed by atoms with Gasteiger partial charge in [0.1, 0.15) is 0 Å². The number of nitrogens with zero attached hydrogens (tertiary/aromatic N) is 4. The average molecular weight is 278 g/mol. The Morgan fingerprint density at radius 2 is 2.12 bits per heavy atom. The molecule has 0 unspecified atom stereocenters. The molecule has 0 aliphatic rings. The van der Waals surface area contributed by atoms with E-state index in [0.717, 1.165) is 0 Å². The van der Waals surface area contributed by atoms with Gasteiger partial charge in [-0.1, -0.05) is 5.22 Å². The molecule has 0 aliphatic carbocycles. The second-order valence-corrected chi connectivity index (χ2v) is 3.97. The number of halogens is 2. The molecule has 94 valence electrons. The van der Waals surface area contributed by atoms with Crippen LogP contribution in [0.1, 0.15) is 17.3 Å². The lowest BCUT2D eigenvalue weighted by Gasteiger charge is -2.13. The number of hydrogen-bond acceptors (Lipinski definition) is 4. The van der Waals surface area contributed by atoms with Crippen LogP contribution >= 0.6 is 23.2 Å². The van der Waals surface area contributed by atoms with Crippen LogP contribution in [0.5, 0.6) is 0 Å². The van der Waals surface area contributed by atoms with E-state index in [9.17, 15) is 4.79 Å². The Morgan fingerprint density at radius 3 is 2.65 bits per heavy atom. The van der Waals surface area contributed by atoms with Crippen molar-refractivity contribution in [3.05, 3.63) is 11.8 Å². The number of alkyl halides is 2. The minimum atomic E-state index is -0.117. The fourth-order valence-corrected chi connectivity index (χ4v) is 1.51. The average Bonchev–Trinajstić information content (AvgIpc) is 2.74. The van der Waals surface area contributed by atoms with Gasteiger partial charge in [0.2, 0.25) is 0 Å². The molecule has 1 rings (SSSR count). The molecule has 0 radical (unpaired) electrons. The highest BCUT2D eigenvalue weighted by Crippen LogP contribution is 2.16. The molecule has 8 heteroatoms. The smallest absolute Gasteiger partial charge is 0.183 e. The number of H-pyrrole nitrogens is 1. The van der Waals surface area contributed by atoms with E-state index in [-0.39, 0.29) is 5.78 Å². The van der Waals surface area contributed by atoms with E-state index in [1.54, 1.807) is 5.01 Å². The number of carbonyl (C=O) groups is 1. The Hall–Kier alpha value is -1.14. The van der Waals surface area contributed by atoms with E-state index < -0.39 is 0 Å². The van der Waals surface area contributed by atoms with Gasteiger partial charge in [-0.2, -0.15) is 5.10 Å². The van der Waals surface area contributed by atoms with Crippen molar-refractivity contribution in [1.29, 1.82) is 0 Å². The van der Waals surface area contributed by atoms with Crippen molar-refractivity contribution in [2.24, 2.45) is 10.3 Å². The Morgan fingerprint density at radius 1 is 1.47 bits per heavy atom. The van der Waals surface area contributed by atoms with Gasteiger partial charge in [-0.25, -0.2) is 0 Å². The molecule has 6 nitrogen and oxygen atoms in total. The summed E-state index contributed by atoms with van der Waals surface area (Å²) in [4.78, 5) is 11.2. The highest BCUT2D eigenvalue weighted by Gasteiger charge is 2.09. The molecule has 1 N–H and O–H groups in total. The first-order valence-corrected chi connectivity index (χ1v) is 6.08. The quantitative estimate of drug-likeness (QED) is 0.360.